The van der Waals surface area contributed by atoms with Crippen LogP contribution in [0.4, 0.5) is 0 Å². The highest BCUT2D eigenvalue weighted by atomic mass is 16.3. The van der Waals surface area contributed by atoms with Gasteiger partial charge in [-0.1, -0.05) is 0 Å². The van der Waals surface area contributed by atoms with Crippen molar-refractivity contribution in [1.29, 1.82) is 0 Å². The molecule has 0 aliphatic rings. The molecule has 0 spiro atoms. The summed E-state index contributed by atoms with van der Waals surface area (Å²) in [5.41, 5.74) is 5.07. The highest BCUT2D eigenvalue weighted by Crippen LogP contribution is 1.92. The second-order valence-corrected chi connectivity index (χ2v) is 2.13. The van der Waals surface area contributed by atoms with Gasteiger partial charge in [-0.2, -0.15) is 0 Å². The third kappa shape index (κ3) is 4.27. The van der Waals surface area contributed by atoms with Gasteiger partial charge in [0, 0.05) is 12.0 Å². The first-order valence-electron chi connectivity index (χ1n) is 3.19. The molecule has 0 aliphatic heterocycles. The topological polar surface area (TPSA) is 80.4 Å². The van der Waals surface area contributed by atoms with Gasteiger partial charge < -0.3 is 10.8 Å². The normalized spacial score (nSPS) is 11.3. The minimum absolute atomic E-state index is 0.0324. The van der Waals surface area contributed by atoms with E-state index in [-0.39, 0.29) is 24.4 Å². The molecule has 4 nitrogen and oxygen atoms in total. The number of amides is 1. The Bertz CT molecular complexity index is 196. The summed E-state index contributed by atoms with van der Waals surface area (Å²) >= 11 is 0. The molecule has 11 heavy (non-hydrogen) atoms. The van der Waals surface area contributed by atoms with Gasteiger partial charge >= 0.3 is 0 Å². The van der Waals surface area contributed by atoms with Crippen LogP contribution in [0, 0.1) is 0 Å². The Hall–Kier alpha value is -1.16. The summed E-state index contributed by atoms with van der Waals surface area (Å²) < 4.78 is 0. The number of hydrogen-bond acceptors (Lipinski definition) is 3. The van der Waals surface area contributed by atoms with Crippen LogP contribution in [0.3, 0.4) is 0 Å². The number of rotatable bonds is 4. The van der Waals surface area contributed by atoms with Gasteiger partial charge in [0.15, 0.2) is 5.78 Å². The van der Waals surface area contributed by atoms with Crippen molar-refractivity contribution in [3.63, 3.8) is 0 Å². The predicted molar refractivity (Wildman–Crippen MR) is 39.7 cm³/mol. The number of nitrogens with two attached hydrogens (primary N) is 1. The lowest BCUT2D eigenvalue weighted by atomic mass is 10.2. The SMILES string of the molecule is CC(=CC(=O)CCO)C(N)=O. The van der Waals surface area contributed by atoms with E-state index >= 15 is 0 Å². The van der Waals surface area contributed by atoms with E-state index in [1.165, 1.54) is 6.92 Å². The summed E-state index contributed by atoms with van der Waals surface area (Å²) in [6.45, 7) is 1.25. The van der Waals surface area contributed by atoms with Crippen LogP contribution in [-0.4, -0.2) is 23.4 Å². The fourth-order valence-corrected chi connectivity index (χ4v) is 0.495. The Morgan fingerprint density at radius 1 is 1.55 bits per heavy atom. The molecule has 0 aliphatic carbocycles. The zero-order valence-electron chi connectivity index (χ0n) is 6.33. The Kier molecular flexibility index (Phi) is 4.14. The Morgan fingerprint density at radius 3 is 2.45 bits per heavy atom. The lowest BCUT2D eigenvalue weighted by molar-refractivity contribution is -0.117. The van der Waals surface area contributed by atoms with Crippen LogP contribution in [0.2, 0.25) is 0 Å². The first-order valence-corrected chi connectivity index (χ1v) is 3.19. The van der Waals surface area contributed by atoms with Crippen molar-refractivity contribution in [2.24, 2.45) is 5.73 Å². The molecule has 0 rings (SSSR count). The Morgan fingerprint density at radius 2 is 2.09 bits per heavy atom. The third-order valence-corrected chi connectivity index (χ3v) is 1.12. The van der Waals surface area contributed by atoms with Crippen molar-refractivity contribution < 1.29 is 14.7 Å². The number of carbonyl (C=O) groups is 2. The number of primary amides is 1. The number of aliphatic hydroxyl groups excluding tert-OH is 1. The van der Waals surface area contributed by atoms with E-state index in [1.54, 1.807) is 0 Å². The van der Waals surface area contributed by atoms with E-state index in [0.29, 0.717) is 0 Å². The van der Waals surface area contributed by atoms with Crippen LogP contribution in [-0.2, 0) is 9.59 Å². The maximum atomic E-state index is 10.7. The van der Waals surface area contributed by atoms with Crippen LogP contribution in [0.25, 0.3) is 0 Å². The molecule has 4 heteroatoms. The molecule has 0 aromatic rings. The number of allylic oxidation sites excluding steroid dienone is 1. The maximum Gasteiger partial charge on any atom is 0.244 e. The first kappa shape index (κ1) is 9.84. The summed E-state index contributed by atoms with van der Waals surface area (Å²) in [6.07, 6.45) is 1.17. The number of hydrogen-bond donors (Lipinski definition) is 2. The van der Waals surface area contributed by atoms with Gasteiger partial charge in [0.1, 0.15) is 0 Å². The number of ketones is 1. The monoisotopic (exact) mass is 157 g/mol. The van der Waals surface area contributed by atoms with Crippen molar-refractivity contribution in [2.75, 3.05) is 6.61 Å². The van der Waals surface area contributed by atoms with Gasteiger partial charge in [-0.05, 0) is 13.0 Å². The molecule has 0 radical (unpaired) electrons. The lowest BCUT2D eigenvalue weighted by Crippen LogP contribution is -2.13. The van der Waals surface area contributed by atoms with E-state index < -0.39 is 5.91 Å². The summed E-state index contributed by atoms with van der Waals surface area (Å²) in [5, 5.41) is 8.32. The summed E-state index contributed by atoms with van der Waals surface area (Å²) in [7, 11) is 0. The molecule has 1 amide bonds. The minimum Gasteiger partial charge on any atom is -0.396 e. The van der Waals surface area contributed by atoms with E-state index in [4.69, 9.17) is 10.8 Å². The summed E-state index contributed by atoms with van der Waals surface area (Å²) in [6, 6.07) is 0. The zero-order valence-corrected chi connectivity index (χ0v) is 6.33. The average molecular weight is 157 g/mol. The van der Waals surface area contributed by atoms with Gasteiger partial charge in [0.2, 0.25) is 5.91 Å². The van der Waals surface area contributed by atoms with Crippen LogP contribution < -0.4 is 5.73 Å². The van der Waals surface area contributed by atoms with Crippen LogP contribution in [0.15, 0.2) is 11.6 Å². The standard InChI is InChI=1S/C7H11NO3/c1-5(7(8)11)4-6(10)2-3-9/h4,9H,2-3H2,1H3,(H2,8,11). The maximum absolute atomic E-state index is 10.7. The van der Waals surface area contributed by atoms with Crippen molar-refractivity contribution in [2.45, 2.75) is 13.3 Å². The molecular formula is C7H11NO3. The molecular weight excluding hydrogens is 146 g/mol. The summed E-state index contributed by atoms with van der Waals surface area (Å²) in [5.74, 6) is -0.903. The fourth-order valence-electron chi connectivity index (χ4n) is 0.495. The highest BCUT2D eigenvalue weighted by Gasteiger charge is 2.00. The van der Waals surface area contributed by atoms with Crippen molar-refractivity contribution in [3.8, 4) is 0 Å². The smallest absolute Gasteiger partial charge is 0.244 e. The first-order chi connectivity index (χ1) is 5.07. The molecule has 62 valence electrons. The molecule has 0 saturated carbocycles. The number of aliphatic hydroxyl groups is 1. The fraction of sp³-hybridized carbons (Fsp3) is 0.429. The van der Waals surface area contributed by atoms with E-state index in [9.17, 15) is 9.59 Å². The van der Waals surface area contributed by atoms with Crippen LogP contribution in [0.5, 0.6) is 0 Å². The average Bonchev–Trinajstić information content (AvgIpc) is 1.87. The van der Waals surface area contributed by atoms with Gasteiger partial charge in [0.25, 0.3) is 0 Å². The molecule has 0 heterocycles. The van der Waals surface area contributed by atoms with Crippen LogP contribution >= 0.6 is 0 Å². The number of carbonyl (C=O) groups excluding carboxylic acids is 2. The van der Waals surface area contributed by atoms with E-state index in [0.717, 1.165) is 6.08 Å². The van der Waals surface area contributed by atoms with Gasteiger partial charge in [-0.3, -0.25) is 9.59 Å². The second-order valence-electron chi connectivity index (χ2n) is 2.13. The Labute approximate surface area is 64.7 Å². The second kappa shape index (κ2) is 4.62. The van der Waals surface area contributed by atoms with Gasteiger partial charge in [0.05, 0.1) is 6.61 Å². The molecule has 0 saturated heterocycles. The molecule has 0 aromatic heterocycles. The molecule has 0 fully saturated rings. The quantitative estimate of drug-likeness (QED) is 0.533. The van der Waals surface area contributed by atoms with E-state index in [2.05, 4.69) is 0 Å². The third-order valence-electron chi connectivity index (χ3n) is 1.12. The van der Waals surface area contributed by atoms with Crippen molar-refractivity contribution >= 4 is 11.7 Å². The molecule has 0 bridgehead atoms. The van der Waals surface area contributed by atoms with Crippen LogP contribution in [0.1, 0.15) is 13.3 Å². The van der Waals surface area contributed by atoms with Gasteiger partial charge in [-0.15, -0.1) is 0 Å². The predicted octanol–water partition coefficient (Wildman–Crippen LogP) is -0.631. The van der Waals surface area contributed by atoms with Crippen molar-refractivity contribution in [1.82, 2.24) is 0 Å². The largest absolute Gasteiger partial charge is 0.396 e. The lowest BCUT2D eigenvalue weighted by Gasteiger charge is -1.92. The highest BCUT2D eigenvalue weighted by molar-refractivity contribution is 6.00. The molecule has 3 N–H and O–H groups in total. The zero-order chi connectivity index (χ0) is 8.85. The summed E-state index contributed by atoms with van der Waals surface area (Å²) in [4.78, 5) is 21.1. The molecule has 0 unspecified atom stereocenters. The van der Waals surface area contributed by atoms with E-state index in [1.807, 2.05) is 0 Å². The molecule has 0 atom stereocenters. The minimum atomic E-state index is -0.615. The van der Waals surface area contributed by atoms with Crippen molar-refractivity contribution in [3.05, 3.63) is 11.6 Å². The molecule has 0 aromatic carbocycles. The van der Waals surface area contributed by atoms with Gasteiger partial charge in [-0.25, -0.2) is 0 Å². The Balaban J connectivity index is 4.08.